The Bertz CT molecular complexity index is 380. The van der Waals surface area contributed by atoms with Crippen molar-refractivity contribution < 1.29 is 4.79 Å². The van der Waals surface area contributed by atoms with Crippen molar-refractivity contribution in [2.24, 2.45) is 23.7 Å². The van der Waals surface area contributed by atoms with E-state index in [1.54, 1.807) is 0 Å². The lowest BCUT2D eigenvalue weighted by molar-refractivity contribution is -0.138. The van der Waals surface area contributed by atoms with E-state index in [0.29, 0.717) is 17.8 Å². The Labute approximate surface area is 109 Å². The smallest absolute Gasteiger partial charge is 0.289 e. The first kappa shape index (κ1) is 12.0. The predicted molar refractivity (Wildman–Crippen MR) is 69.4 cm³/mol. The van der Waals surface area contributed by atoms with Gasteiger partial charge < -0.3 is 0 Å². The molecule has 2 saturated carbocycles. The monoisotopic (exact) mass is 246 g/mol. The fourth-order valence-corrected chi connectivity index (χ4v) is 3.92. The van der Waals surface area contributed by atoms with Crippen LogP contribution in [0.2, 0.25) is 0 Å². The third kappa shape index (κ3) is 1.92. The minimum Gasteiger partial charge on any atom is -0.289 e. The molecule has 3 fully saturated rings. The summed E-state index contributed by atoms with van der Waals surface area (Å²) < 4.78 is 0. The summed E-state index contributed by atoms with van der Waals surface area (Å²) in [7, 11) is 0. The van der Waals surface area contributed by atoms with E-state index >= 15 is 0 Å². The molecule has 0 bridgehead atoms. The van der Waals surface area contributed by atoms with Gasteiger partial charge in [-0.1, -0.05) is 26.2 Å². The van der Waals surface area contributed by atoms with Gasteiger partial charge in [0, 0.05) is 12.5 Å². The highest BCUT2D eigenvalue weighted by Gasteiger charge is 2.59. The normalized spacial score (nSPS) is 36.9. The lowest BCUT2D eigenvalue weighted by atomic mass is 9.80. The summed E-state index contributed by atoms with van der Waals surface area (Å²) in [6.07, 6.45) is 7.34. The molecule has 3 heteroatoms. The van der Waals surface area contributed by atoms with Gasteiger partial charge in [-0.3, -0.25) is 14.5 Å². The summed E-state index contributed by atoms with van der Waals surface area (Å²) in [5, 5.41) is 0. The van der Waals surface area contributed by atoms with Gasteiger partial charge in [0.25, 0.3) is 0 Å². The van der Waals surface area contributed by atoms with Crippen LogP contribution < -0.4 is 0 Å². The molecule has 1 unspecified atom stereocenters. The van der Waals surface area contributed by atoms with Crippen molar-refractivity contribution in [1.82, 2.24) is 4.90 Å². The first-order valence-corrected chi connectivity index (χ1v) is 7.39. The number of rotatable bonds is 2. The number of carbonyl (C=O) groups excluding carboxylic acids is 1. The molecule has 0 spiro atoms. The second kappa shape index (κ2) is 4.57. The Morgan fingerprint density at radius 3 is 2.72 bits per heavy atom. The standard InChI is InChI=1S/C15H22N2O/c1-10(11-6-4-3-5-7-11)15(18)17-9-12-8-13(12)14(17)16-2/h10-14H,3-9H2,1H3/t10-,12-,13-,14?/m0/s1. The van der Waals surface area contributed by atoms with Gasteiger partial charge in [-0.2, -0.15) is 0 Å². The molecule has 0 aromatic rings. The van der Waals surface area contributed by atoms with Crippen molar-refractivity contribution in [2.75, 3.05) is 6.54 Å². The van der Waals surface area contributed by atoms with E-state index in [4.69, 9.17) is 6.57 Å². The fourth-order valence-electron chi connectivity index (χ4n) is 3.92. The molecule has 4 atom stereocenters. The van der Waals surface area contributed by atoms with Gasteiger partial charge in [-0.05, 0) is 31.1 Å². The zero-order valence-corrected chi connectivity index (χ0v) is 11.1. The molecule has 0 radical (unpaired) electrons. The van der Waals surface area contributed by atoms with E-state index in [1.807, 2.05) is 4.90 Å². The maximum Gasteiger partial charge on any atom is 0.303 e. The van der Waals surface area contributed by atoms with Crippen LogP contribution in [0.25, 0.3) is 4.85 Å². The van der Waals surface area contributed by atoms with Crippen molar-refractivity contribution in [3.8, 4) is 0 Å². The van der Waals surface area contributed by atoms with Crippen LogP contribution in [0.5, 0.6) is 0 Å². The molecule has 1 heterocycles. The van der Waals surface area contributed by atoms with Gasteiger partial charge in [-0.25, -0.2) is 6.57 Å². The number of likely N-dealkylation sites (tertiary alicyclic amines) is 1. The number of carbonyl (C=O) groups is 1. The summed E-state index contributed by atoms with van der Waals surface area (Å²) in [4.78, 5) is 18.2. The summed E-state index contributed by atoms with van der Waals surface area (Å²) >= 11 is 0. The van der Waals surface area contributed by atoms with E-state index in [0.717, 1.165) is 6.54 Å². The molecule has 0 N–H and O–H groups in total. The highest BCUT2D eigenvalue weighted by atomic mass is 16.2. The summed E-state index contributed by atoms with van der Waals surface area (Å²) in [5.41, 5.74) is 0. The van der Waals surface area contributed by atoms with Crippen molar-refractivity contribution in [1.29, 1.82) is 0 Å². The molecule has 2 aliphatic carbocycles. The average molecular weight is 246 g/mol. The molecular formula is C15H22N2O. The van der Waals surface area contributed by atoms with Gasteiger partial charge in [0.1, 0.15) is 0 Å². The zero-order valence-electron chi connectivity index (χ0n) is 11.1. The molecule has 1 amide bonds. The van der Waals surface area contributed by atoms with Crippen LogP contribution in [0.15, 0.2) is 0 Å². The largest absolute Gasteiger partial charge is 0.303 e. The first-order valence-electron chi connectivity index (χ1n) is 7.39. The number of fused-ring (bicyclic) bond motifs is 1. The van der Waals surface area contributed by atoms with Crippen molar-refractivity contribution in [2.45, 2.75) is 51.6 Å². The van der Waals surface area contributed by atoms with Crippen LogP contribution in [0, 0.1) is 30.2 Å². The molecular weight excluding hydrogens is 224 g/mol. The molecule has 1 saturated heterocycles. The molecule has 18 heavy (non-hydrogen) atoms. The Morgan fingerprint density at radius 2 is 2.06 bits per heavy atom. The number of nitrogens with zero attached hydrogens (tertiary/aromatic N) is 2. The maximum absolute atomic E-state index is 12.6. The first-order chi connectivity index (χ1) is 8.72. The molecule has 0 aromatic carbocycles. The SMILES string of the molecule is [C-]#[N+]C1[C@H]2C[C@H]2CN1C(=O)[C@@H](C)C1CCCCC1. The number of hydrogen-bond donors (Lipinski definition) is 0. The second-order valence-electron chi connectivity index (χ2n) is 6.38. The lowest BCUT2D eigenvalue weighted by Crippen LogP contribution is -2.42. The van der Waals surface area contributed by atoms with Gasteiger partial charge in [-0.15, -0.1) is 0 Å². The molecule has 0 aromatic heterocycles. The minimum atomic E-state index is -0.131. The van der Waals surface area contributed by atoms with Gasteiger partial charge in [0.05, 0.1) is 5.92 Å². The number of hydrogen-bond acceptors (Lipinski definition) is 1. The fraction of sp³-hybridized carbons (Fsp3) is 0.867. The van der Waals surface area contributed by atoms with Crippen LogP contribution in [0.3, 0.4) is 0 Å². The van der Waals surface area contributed by atoms with Crippen molar-refractivity contribution in [3.63, 3.8) is 0 Å². The quantitative estimate of drug-likeness (QED) is 0.688. The Hall–Kier alpha value is -1.04. The number of piperidine rings is 1. The second-order valence-corrected chi connectivity index (χ2v) is 6.38. The molecule has 98 valence electrons. The average Bonchev–Trinajstić information content (AvgIpc) is 3.09. The van der Waals surface area contributed by atoms with E-state index in [9.17, 15) is 4.79 Å². The molecule has 1 aliphatic heterocycles. The highest BCUT2D eigenvalue weighted by molar-refractivity contribution is 5.80. The lowest BCUT2D eigenvalue weighted by Gasteiger charge is -2.30. The molecule has 3 nitrogen and oxygen atoms in total. The molecule has 3 rings (SSSR count). The molecule has 3 aliphatic rings. The minimum absolute atomic E-state index is 0.131. The highest BCUT2D eigenvalue weighted by Crippen LogP contribution is 2.50. The number of amides is 1. The van der Waals surface area contributed by atoms with E-state index in [-0.39, 0.29) is 18.0 Å². The van der Waals surface area contributed by atoms with Crippen LogP contribution in [-0.4, -0.2) is 23.5 Å². The van der Waals surface area contributed by atoms with Crippen LogP contribution in [-0.2, 0) is 4.79 Å². The topological polar surface area (TPSA) is 24.7 Å². The summed E-state index contributed by atoms with van der Waals surface area (Å²) in [6, 6.07) is 0. The third-order valence-electron chi connectivity index (χ3n) is 5.27. The van der Waals surface area contributed by atoms with Crippen LogP contribution in [0.4, 0.5) is 0 Å². The van der Waals surface area contributed by atoms with E-state index in [2.05, 4.69) is 11.8 Å². The van der Waals surface area contributed by atoms with E-state index < -0.39 is 0 Å². The zero-order chi connectivity index (χ0) is 12.7. The van der Waals surface area contributed by atoms with Crippen LogP contribution >= 0.6 is 0 Å². The predicted octanol–water partition coefficient (Wildman–Crippen LogP) is 2.93. The van der Waals surface area contributed by atoms with Crippen molar-refractivity contribution in [3.05, 3.63) is 11.4 Å². The maximum atomic E-state index is 12.6. The van der Waals surface area contributed by atoms with Gasteiger partial charge >= 0.3 is 6.17 Å². The van der Waals surface area contributed by atoms with Crippen molar-refractivity contribution >= 4 is 5.91 Å². The van der Waals surface area contributed by atoms with Gasteiger partial charge in [0.15, 0.2) is 0 Å². The Balaban J connectivity index is 1.65. The Morgan fingerprint density at radius 1 is 1.33 bits per heavy atom. The Kier molecular flexibility index (Phi) is 3.05. The van der Waals surface area contributed by atoms with Gasteiger partial charge in [0.2, 0.25) is 5.91 Å². The summed E-state index contributed by atoms with van der Waals surface area (Å²) in [6.45, 7) is 10.2. The van der Waals surface area contributed by atoms with Crippen LogP contribution in [0.1, 0.15) is 45.4 Å². The van der Waals surface area contributed by atoms with E-state index in [1.165, 1.54) is 38.5 Å². The summed E-state index contributed by atoms with van der Waals surface area (Å²) in [5.74, 6) is 2.10. The third-order valence-corrected chi connectivity index (χ3v) is 5.27.